The Morgan fingerprint density at radius 3 is 2.78 bits per heavy atom. The minimum Gasteiger partial charge on any atom is -0.313 e. The van der Waals surface area contributed by atoms with Crippen molar-refractivity contribution >= 4 is 27.7 Å². The second-order valence-electron chi connectivity index (χ2n) is 4.56. The van der Waals surface area contributed by atoms with E-state index in [0.29, 0.717) is 6.04 Å². The predicted octanol–water partition coefficient (Wildman–Crippen LogP) is 4.50. The monoisotopic (exact) mass is 329 g/mol. The molecule has 1 atom stereocenters. The Kier molecular flexibility index (Phi) is 8.82. The maximum atomic E-state index is 3.66. The van der Waals surface area contributed by atoms with Gasteiger partial charge in [-0.05, 0) is 49.3 Å². The molecule has 0 aliphatic rings. The zero-order valence-electron chi connectivity index (χ0n) is 11.4. The third-order valence-corrected chi connectivity index (χ3v) is 4.55. The molecule has 1 N–H and O–H groups in total. The Morgan fingerprint density at radius 2 is 2.11 bits per heavy atom. The normalized spacial score (nSPS) is 12.6. The first-order valence-electron chi connectivity index (χ1n) is 6.81. The number of rotatable bonds is 9. The highest BCUT2D eigenvalue weighted by Crippen LogP contribution is 2.15. The average Bonchev–Trinajstić information content (AvgIpc) is 2.36. The molecule has 1 unspecified atom stereocenters. The molecule has 1 aromatic carbocycles. The van der Waals surface area contributed by atoms with Gasteiger partial charge in [0.05, 0.1) is 0 Å². The average molecular weight is 330 g/mol. The van der Waals surface area contributed by atoms with Crippen LogP contribution in [0.1, 0.15) is 32.3 Å². The van der Waals surface area contributed by atoms with E-state index >= 15 is 0 Å². The second kappa shape index (κ2) is 9.88. The highest BCUT2D eigenvalue weighted by molar-refractivity contribution is 9.10. The minimum absolute atomic E-state index is 0.593. The van der Waals surface area contributed by atoms with Gasteiger partial charge in [0.25, 0.3) is 0 Å². The summed E-state index contributed by atoms with van der Waals surface area (Å²) in [6.07, 6.45) is 3.59. The Morgan fingerprint density at radius 1 is 1.28 bits per heavy atom. The van der Waals surface area contributed by atoms with Crippen LogP contribution in [-0.4, -0.2) is 24.1 Å². The minimum atomic E-state index is 0.593. The molecule has 1 aromatic rings. The quantitative estimate of drug-likeness (QED) is 0.669. The maximum absolute atomic E-state index is 3.66. The molecule has 3 heteroatoms. The van der Waals surface area contributed by atoms with Gasteiger partial charge >= 0.3 is 0 Å². The van der Waals surface area contributed by atoms with Gasteiger partial charge in [-0.25, -0.2) is 0 Å². The fourth-order valence-corrected chi connectivity index (χ4v) is 3.28. The van der Waals surface area contributed by atoms with E-state index in [1.54, 1.807) is 0 Å². The summed E-state index contributed by atoms with van der Waals surface area (Å²) >= 11 is 5.60. The smallest absolute Gasteiger partial charge is 0.0198 e. The highest BCUT2D eigenvalue weighted by atomic mass is 79.9. The third-order valence-electron chi connectivity index (χ3n) is 2.72. The van der Waals surface area contributed by atoms with E-state index in [4.69, 9.17) is 0 Å². The zero-order valence-corrected chi connectivity index (χ0v) is 13.8. The molecule has 102 valence electrons. The molecule has 0 aromatic heterocycles. The van der Waals surface area contributed by atoms with Gasteiger partial charge in [0.2, 0.25) is 0 Å². The molecular weight excluding hydrogens is 306 g/mol. The van der Waals surface area contributed by atoms with Crippen molar-refractivity contribution in [3.8, 4) is 0 Å². The Labute approximate surface area is 124 Å². The summed E-state index contributed by atoms with van der Waals surface area (Å²) < 4.78 is 1.18. The van der Waals surface area contributed by atoms with Crippen LogP contribution in [0, 0.1) is 0 Å². The van der Waals surface area contributed by atoms with Crippen molar-refractivity contribution in [2.24, 2.45) is 0 Å². The molecule has 0 heterocycles. The van der Waals surface area contributed by atoms with Gasteiger partial charge in [-0.15, -0.1) is 0 Å². The van der Waals surface area contributed by atoms with Crippen molar-refractivity contribution < 1.29 is 0 Å². The van der Waals surface area contributed by atoms with Gasteiger partial charge < -0.3 is 5.32 Å². The van der Waals surface area contributed by atoms with E-state index < -0.39 is 0 Å². The van der Waals surface area contributed by atoms with Crippen LogP contribution < -0.4 is 5.32 Å². The molecule has 0 fully saturated rings. The first-order chi connectivity index (χ1) is 8.76. The molecule has 0 aliphatic heterocycles. The fraction of sp³-hybridized carbons (Fsp3) is 0.600. The molecule has 0 saturated carbocycles. The van der Waals surface area contributed by atoms with Crippen LogP contribution in [0.25, 0.3) is 0 Å². The lowest BCUT2D eigenvalue weighted by Crippen LogP contribution is -2.34. The largest absolute Gasteiger partial charge is 0.313 e. The van der Waals surface area contributed by atoms with Crippen molar-refractivity contribution in [3.63, 3.8) is 0 Å². The summed E-state index contributed by atoms with van der Waals surface area (Å²) in [5, 5.41) is 3.66. The molecule has 1 rings (SSSR count). The third kappa shape index (κ3) is 6.81. The summed E-state index contributed by atoms with van der Waals surface area (Å²) in [5.74, 6) is 2.48. The molecule has 0 saturated heterocycles. The molecule has 0 spiro atoms. The lowest BCUT2D eigenvalue weighted by Gasteiger charge is -2.18. The van der Waals surface area contributed by atoms with Crippen LogP contribution in [0.3, 0.4) is 0 Å². The zero-order chi connectivity index (χ0) is 13.2. The molecule has 1 nitrogen and oxygen atoms in total. The molecule has 0 radical (unpaired) electrons. The maximum Gasteiger partial charge on any atom is 0.0198 e. The van der Waals surface area contributed by atoms with E-state index in [1.165, 1.54) is 34.4 Å². The van der Waals surface area contributed by atoms with Crippen LogP contribution in [-0.2, 0) is 6.42 Å². The lowest BCUT2D eigenvalue weighted by molar-refractivity contribution is 0.550. The SMILES string of the molecule is CCCNC(CSCCC)Cc1cccc(Br)c1. The summed E-state index contributed by atoms with van der Waals surface area (Å²) in [6, 6.07) is 9.25. The molecular formula is C15H24BrNS. The number of halogens is 1. The highest BCUT2D eigenvalue weighted by Gasteiger charge is 2.09. The van der Waals surface area contributed by atoms with E-state index in [2.05, 4.69) is 71.1 Å². The van der Waals surface area contributed by atoms with E-state index in [-0.39, 0.29) is 0 Å². The van der Waals surface area contributed by atoms with Gasteiger partial charge in [0.1, 0.15) is 0 Å². The van der Waals surface area contributed by atoms with E-state index in [1.807, 2.05) is 0 Å². The van der Waals surface area contributed by atoms with Crippen molar-refractivity contribution in [2.75, 3.05) is 18.1 Å². The van der Waals surface area contributed by atoms with E-state index in [9.17, 15) is 0 Å². The molecule has 18 heavy (non-hydrogen) atoms. The molecule has 0 aliphatic carbocycles. The predicted molar refractivity (Wildman–Crippen MR) is 87.5 cm³/mol. The van der Waals surface area contributed by atoms with Crippen molar-refractivity contribution in [1.29, 1.82) is 0 Å². The fourth-order valence-electron chi connectivity index (χ4n) is 1.86. The van der Waals surface area contributed by atoms with Crippen LogP contribution in [0.5, 0.6) is 0 Å². The van der Waals surface area contributed by atoms with Crippen molar-refractivity contribution in [1.82, 2.24) is 5.32 Å². The standard InChI is InChI=1S/C15H24BrNS/c1-3-8-17-15(12-18-9-4-2)11-13-6-5-7-14(16)10-13/h5-7,10,15,17H,3-4,8-9,11-12H2,1-2H3. The summed E-state index contributed by atoms with van der Waals surface area (Å²) in [5.41, 5.74) is 1.41. The first kappa shape index (κ1) is 16.1. The van der Waals surface area contributed by atoms with Crippen molar-refractivity contribution in [2.45, 2.75) is 39.2 Å². The van der Waals surface area contributed by atoms with E-state index in [0.717, 1.165) is 13.0 Å². The number of hydrogen-bond acceptors (Lipinski definition) is 2. The van der Waals surface area contributed by atoms with Crippen LogP contribution in [0.4, 0.5) is 0 Å². The lowest BCUT2D eigenvalue weighted by atomic mass is 10.1. The molecule has 0 amide bonds. The van der Waals surface area contributed by atoms with Gasteiger partial charge in [-0.2, -0.15) is 11.8 Å². The van der Waals surface area contributed by atoms with Crippen molar-refractivity contribution in [3.05, 3.63) is 34.3 Å². The summed E-state index contributed by atoms with van der Waals surface area (Å²) in [7, 11) is 0. The Bertz CT molecular complexity index is 330. The number of benzene rings is 1. The number of nitrogens with one attached hydrogen (secondary N) is 1. The topological polar surface area (TPSA) is 12.0 Å². The second-order valence-corrected chi connectivity index (χ2v) is 6.63. The first-order valence-corrected chi connectivity index (χ1v) is 8.76. The summed E-state index contributed by atoms with van der Waals surface area (Å²) in [4.78, 5) is 0. The molecule has 0 bridgehead atoms. The van der Waals surface area contributed by atoms with Gasteiger partial charge in [-0.1, -0.05) is 41.9 Å². The Balaban J connectivity index is 2.48. The number of thioether (sulfide) groups is 1. The van der Waals surface area contributed by atoms with Gasteiger partial charge in [0.15, 0.2) is 0 Å². The Hall–Kier alpha value is 0.01000. The summed E-state index contributed by atoms with van der Waals surface area (Å²) in [6.45, 7) is 5.59. The van der Waals surface area contributed by atoms with Crippen LogP contribution in [0.15, 0.2) is 28.7 Å². The number of hydrogen-bond donors (Lipinski definition) is 1. The van der Waals surface area contributed by atoms with Gasteiger partial charge in [-0.3, -0.25) is 0 Å². The van der Waals surface area contributed by atoms with Crippen LogP contribution >= 0.6 is 27.7 Å². The van der Waals surface area contributed by atoms with Gasteiger partial charge in [0, 0.05) is 16.3 Å². The van der Waals surface area contributed by atoms with Crippen LogP contribution in [0.2, 0.25) is 0 Å².